The van der Waals surface area contributed by atoms with E-state index in [1.165, 1.54) is 6.20 Å². The lowest BCUT2D eigenvalue weighted by molar-refractivity contribution is 0.626. The molecule has 1 aliphatic rings. The third kappa shape index (κ3) is 2.88. The molecule has 0 spiro atoms. The summed E-state index contributed by atoms with van der Waals surface area (Å²) in [4.78, 5) is 26.9. The molecule has 1 unspecified atom stereocenters. The first kappa shape index (κ1) is 14.4. The van der Waals surface area contributed by atoms with Gasteiger partial charge >= 0.3 is 0 Å². The monoisotopic (exact) mass is 294 g/mol. The van der Waals surface area contributed by atoms with Crippen molar-refractivity contribution in [1.29, 1.82) is 0 Å². The Morgan fingerprint density at radius 2 is 2.00 bits per heavy atom. The maximum Gasteiger partial charge on any atom is 0.268 e. The first-order valence-electron chi connectivity index (χ1n) is 7.25. The number of hydrogen-bond acceptors (Lipinski definition) is 4. The van der Waals surface area contributed by atoms with Crippen molar-refractivity contribution >= 4 is 11.2 Å². The average molecular weight is 294 g/mol. The third-order valence-electron chi connectivity index (χ3n) is 3.76. The number of allylic oxidation sites excluding steroid dienone is 6. The smallest absolute Gasteiger partial charge is 0.268 e. The number of nitrogens with zero attached hydrogens (tertiary/aromatic N) is 3. The van der Waals surface area contributed by atoms with Crippen LogP contribution in [-0.4, -0.2) is 19.9 Å². The quantitative estimate of drug-likeness (QED) is 0.924. The summed E-state index contributed by atoms with van der Waals surface area (Å²) in [7, 11) is 0. The van der Waals surface area contributed by atoms with E-state index >= 15 is 0 Å². The van der Waals surface area contributed by atoms with Crippen LogP contribution < -0.4 is 5.56 Å². The largest absolute Gasteiger partial charge is 0.304 e. The summed E-state index contributed by atoms with van der Waals surface area (Å²) < 4.78 is 0. The van der Waals surface area contributed by atoms with Gasteiger partial charge in [-0.2, -0.15) is 0 Å². The van der Waals surface area contributed by atoms with Gasteiger partial charge in [0.2, 0.25) is 0 Å². The van der Waals surface area contributed by atoms with Crippen LogP contribution in [0.4, 0.5) is 0 Å². The SMILES string of the molecule is CC(C1=CC=CC(C)(C)C=C1)c1ncc2ncc(=O)[nH]c2n1. The minimum atomic E-state index is -0.261. The summed E-state index contributed by atoms with van der Waals surface area (Å²) in [6.07, 6.45) is 13.5. The van der Waals surface area contributed by atoms with Gasteiger partial charge in [-0.15, -0.1) is 0 Å². The molecule has 5 nitrogen and oxygen atoms in total. The molecule has 1 atom stereocenters. The van der Waals surface area contributed by atoms with Crippen molar-refractivity contribution in [3.63, 3.8) is 0 Å². The second-order valence-electron chi connectivity index (χ2n) is 6.11. The fourth-order valence-corrected chi connectivity index (χ4v) is 2.33. The van der Waals surface area contributed by atoms with Gasteiger partial charge in [0.05, 0.1) is 12.4 Å². The van der Waals surface area contributed by atoms with Gasteiger partial charge in [0.15, 0.2) is 5.65 Å². The summed E-state index contributed by atoms with van der Waals surface area (Å²) in [5, 5.41) is 0. The molecule has 0 saturated heterocycles. The summed E-state index contributed by atoms with van der Waals surface area (Å²) in [6.45, 7) is 6.37. The van der Waals surface area contributed by atoms with E-state index in [9.17, 15) is 4.79 Å². The molecule has 0 aromatic carbocycles. The normalized spacial score (nSPS) is 18.0. The topological polar surface area (TPSA) is 71.5 Å². The van der Waals surface area contributed by atoms with Crippen LogP contribution in [0.3, 0.4) is 0 Å². The first-order chi connectivity index (χ1) is 10.4. The van der Waals surface area contributed by atoms with Crippen molar-refractivity contribution < 1.29 is 0 Å². The van der Waals surface area contributed by atoms with Gasteiger partial charge in [-0.05, 0) is 5.57 Å². The van der Waals surface area contributed by atoms with Gasteiger partial charge in [-0.25, -0.2) is 15.0 Å². The lowest BCUT2D eigenvalue weighted by Crippen LogP contribution is -2.09. The Balaban J connectivity index is 1.99. The number of H-pyrrole nitrogens is 1. The maximum atomic E-state index is 11.4. The van der Waals surface area contributed by atoms with Crippen molar-refractivity contribution in [3.05, 3.63) is 64.5 Å². The lowest BCUT2D eigenvalue weighted by Gasteiger charge is -2.14. The van der Waals surface area contributed by atoms with Crippen molar-refractivity contribution in [1.82, 2.24) is 19.9 Å². The number of hydrogen-bond donors (Lipinski definition) is 1. The maximum absolute atomic E-state index is 11.4. The predicted molar refractivity (Wildman–Crippen MR) is 86.5 cm³/mol. The van der Waals surface area contributed by atoms with Crippen LogP contribution >= 0.6 is 0 Å². The van der Waals surface area contributed by atoms with E-state index in [1.807, 2.05) is 0 Å². The Labute approximate surface area is 128 Å². The summed E-state index contributed by atoms with van der Waals surface area (Å²) in [6, 6.07) is 0. The van der Waals surface area contributed by atoms with E-state index in [-0.39, 0.29) is 16.9 Å². The third-order valence-corrected chi connectivity index (χ3v) is 3.76. The standard InChI is InChI=1S/C17H18N4O/c1-11(12-5-4-7-17(2,3)8-6-12)15-19-9-13-16(21-15)20-14(22)10-18-13/h4-11H,1-3H3,(H,19,20,21,22). The van der Waals surface area contributed by atoms with Gasteiger partial charge < -0.3 is 4.98 Å². The predicted octanol–water partition coefficient (Wildman–Crippen LogP) is 2.90. The van der Waals surface area contributed by atoms with E-state index in [4.69, 9.17) is 0 Å². The fraction of sp³-hybridized carbons (Fsp3) is 0.294. The second kappa shape index (κ2) is 5.33. The summed E-state index contributed by atoms with van der Waals surface area (Å²) in [5.41, 5.74) is 1.97. The molecule has 2 aromatic heterocycles. The van der Waals surface area contributed by atoms with Crippen LogP contribution in [0.15, 0.2) is 53.1 Å². The molecule has 0 amide bonds. The molecule has 2 aromatic rings. The zero-order valence-electron chi connectivity index (χ0n) is 12.9. The van der Waals surface area contributed by atoms with Crippen molar-refractivity contribution in [2.45, 2.75) is 26.7 Å². The summed E-state index contributed by atoms with van der Waals surface area (Å²) in [5.74, 6) is 0.697. The van der Waals surface area contributed by atoms with Crippen LogP contribution in [0, 0.1) is 5.41 Å². The van der Waals surface area contributed by atoms with Crippen LogP contribution in [0.2, 0.25) is 0 Å². The van der Waals surface area contributed by atoms with Crippen molar-refractivity contribution in [2.24, 2.45) is 5.41 Å². The number of aromatic nitrogens is 4. The molecule has 0 saturated carbocycles. The highest BCUT2D eigenvalue weighted by Gasteiger charge is 2.17. The van der Waals surface area contributed by atoms with Gasteiger partial charge in [0.1, 0.15) is 11.3 Å². The number of nitrogens with one attached hydrogen (secondary N) is 1. The molecule has 1 aliphatic carbocycles. The van der Waals surface area contributed by atoms with E-state index in [0.717, 1.165) is 5.57 Å². The van der Waals surface area contributed by atoms with E-state index in [0.29, 0.717) is 17.0 Å². The molecule has 112 valence electrons. The lowest BCUT2D eigenvalue weighted by atomic mass is 9.92. The Bertz CT molecular complexity index is 858. The average Bonchev–Trinajstić information content (AvgIpc) is 2.66. The molecule has 1 N–H and O–H groups in total. The molecule has 5 heteroatoms. The molecule has 0 radical (unpaired) electrons. The molecule has 2 heterocycles. The molecule has 0 aliphatic heterocycles. The minimum absolute atomic E-state index is 0.0305. The van der Waals surface area contributed by atoms with Crippen molar-refractivity contribution in [2.75, 3.05) is 0 Å². The highest BCUT2D eigenvalue weighted by atomic mass is 16.1. The van der Waals surface area contributed by atoms with Crippen LogP contribution in [0.1, 0.15) is 32.5 Å². The Morgan fingerprint density at radius 3 is 2.82 bits per heavy atom. The van der Waals surface area contributed by atoms with E-state index < -0.39 is 0 Å². The molecule has 0 fully saturated rings. The van der Waals surface area contributed by atoms with Crippen LogP contribution in [-0.2, 0) is 0 Å². The summed E-state index contributed by atoms with van der Waals surface area (Å²) >= 11 is 0. The van der Waals surface area contributed by atoms with Gasteiger partial charge in [0.25, 0.3) is 5.56 Å². The zero-order chi connectivity index (χ0) is 15.7. The van der Waals surface area contributed by atoms with Gasteiger partial charge in [0, 0.05) is 11.3 Å². The van der Waals surface area contributed by atoms with Crippen molar-refractivity contribution in [3.8, 4) is 0 Å². The first-order valence-corrected chi connectivity index (χ1v) is 7.25. The molecule has 0 bridgehead atoms. The molecular formula is C17H18N4O. The van der Waals surface area contributed by atoms with Gasteiger partial charge in [-0.1, -0.05) is 51.2 Å². The van der Waals surface area contributed by atoms with Gasteiger partial charge in [-0.3, -0.25) is 4.79 Å². The number of rotatable bonds is 2. The molecule has 22 heavy (non-hydrogen) atoms. The molecular weight excluding hydrogens is 276 g/mol. The highest BCUT2D eigenvalue weighted by molar-refractivity contribution is 5.67. The van der Waals surface area contributed by atoms with E-state index in [1.54, 1.807) is 6.20 Å². The number of aromatic amines is 1. The van der Waals surface area contributed by atoms with E-state index in [2.05, 4.69) is 71.1 Å². The van der Waals surface area contributed by atoms with Crippen LogP contribution in [0.5, 0.6) is 0 Å². The Hall–Kier alpha value is -2.56. The Morgan fingerprint density at radius 1 is 1.18 bits per heavy atom. The Kier molecular flexibility index (Phi) is 3.48. The van der Waals surface area contributed by atoms with Crippen LogP contribution in [0.25, 0.3) is 11.2 Å². The highest BCUT2D eigenvalue weighted by Crippen LogP contribution is 2.28. The number of fused-ring (bicyclic) bond motifs is 1. The fourth-order valence-electron chi connectivity index (χ4n) is 2.33. The minimum Gasteiger partial charge on any atom is -0.304 e. The molecule has 3 rings (SSSR count). The zero-order valence-corrected chi connectivity index (χ0v) is 12.9. The second-order valence-corrected chi connectivity index (χ2v) is 6.11.